The van der Waals surface area contributed by atoms with Crippen molar-refractivity contribution >= 4 is 15.8 Å². The van der Waals surface area contributed by atoms with E-state index >= 15 is 0 Å². The van der Waals surface area contributed by atoms with Gasteiger partial charge in [0.25, 0.3) is 0 Å². The number of rotatable bonds is 8. The van der Waals surface area contributed by atoms with Crippen molar-refractivity contribution in [2.45, 2.75) is 70.8 Å². The second kappa shape index (κ2) is 10.5. The van der Waals surface area contributed by atoms with Gasteiger partial charge in [-0.05, 0) is 45.7 Å². The molecule has 0 aromatic carbocycles. The number of nitrogens with one attached hydrogen (secondary N) is 2. The predicted octanol–water partition coefficient (Wildman–Crippen LogP) is 2.17. The van der Waals surface area contributed by atoms with Gasteiger partial charge in [-0.25, -0.2) is 8.42 Å². The summed E-state index contributed by atoms with van der Waals surface area (Å²) in [6.07, 6.45) is 10.4. The summed E-state index contributed by atoms with van der Waals surface area (Å²) < 4.78 is 23.4. The summed E-state index contributed by atoms with van der Waals surface area (Å²) in [7, 11) is -2.95. The van der Waals surface area contributed by atoms with Crippen LogP contribution in [0.1, 0.15) is 65.2 Å². The van der Waals surface area contributed by atoms with Crippen LogP contribution in [0.4, 0.5) is 0 Å². The largest absolute Gasteiger partial charge is 0.357 e. The Morgan fingerprint density at radius 1 is 1.00 bits per heavy atom. The molecule has 2 rings (SSSR count). The number of nitrogens with zero attached hydrogens (tertiary/aromatic N) is 2. The van der Waals surface area contributed by atoms with Crippen LogP contribution in [0.2, 0.25) is 0 Å². The number of sulfone groups is 1. The first-order chi connectivity index (χ1) is 12.5. The number of hydrogen-bond donors (Lipinski definition) is 2. The predicted molar refractivity (Wildman–Crippen MR) is 110 cm³/mol. The summed E-state index contributed by atoms with van der Waals surface area (Å²) >= 11 is 0. The molecule has 1 saturated heterocycles. The fourth-order valence-corrected chi connectivity index (χ4v) is 4.89. The van der Waals surface area contributed by atoms with E-state index in [0.29, 0.717) is 6.54 Å². The molecular formula is C19H38N4O2S. The molecule has 26 heavy (non-hydrogen) atoms. The van der Waals surface area contributed by atoms with E-state index in [9.17, 15) is 8.42 Å². The summed E-state index contributed by atoms with van der Waals surface area (Å²) in [5.74, 6) is 1.10. The highest BCUT2D eigenvalue weighted by Crippen LogP contribution is 2.35. The molecule has 0 amide bonds. The molecule has 7 heteroatoms. The zero-order valence-electron chi connectivity index (χ0n) is 16.7. The minimum absolute atomic E-state index is 0.158. The standard InChI is InChI=1S/C19H38N4O2S/c1-3-20-18(21-13-16-26(24,25)4-2)22-17-19(11-7-5-8-12-19)23-14-9-6-10-15-23/h3-17H2,1-2H3,(H2,20,21,22). The molecule has 0 atom stereocenters. The maximum atomic E-state index is 11.7. The molecule has 0 spiro atoms. The van der Waals surface area contributed by atoms with Crippen molar-refractivity contribution in [1.82, 2.24) is 15.5 Å². The monoisotopic (exact) mass is 386 g/mol. The van der Waals surface area contributed by atoms with E-state index < -0.39 is 9.84 Å². The maximum absolute atomic E-state index is 11.7. The maximum Gasteiger partial charge on any atom is 0.191 e. The van der Waals surface area contributed by atoms with Gasteiger partial charge in [-0.3, -0.25) is 9.89 Å². The summed E-state index contributed by atoms with van der Waals surface area (Å²) in [5, 5.41) is 6.48. The molecule has 152 valence electrons. The number of piperidine rings is 1. The van der Waals surface area contributed by atoms with Crippen molar-refractivity contribution in [3.8, 4) is 0 Å². The lowest BCUT2D eigenvalue weighted by Gasteiger charge is -2.47. The second-order valence-corrected chi connectivity index (χ2v) is 10.2. The van der Waals surface area contributed by atoms with Crippen molar-refractivity contribution in [3.05, 3.63) is 0 Å². The third kappa shape index (κ3) is 6.41. The highest BCUT2D eigenvalue weighted by molar-refractivity contribution is 7.91. The zero-order chi connectivity index (χ0) is 18.9. The Morgan fingerprint density at radius 2 is 1.65 bits per heavy atom. The van der Waals surface area contributed by atoms with E-state index in [4.69, 9.17) is 4.99 Å². The van der Waals surface area contributed by atoms with E-state index in [2.05, 4.69) is 15.5 Å². The molecule has 0 bridgehead atoms. The summed E-state index contributed by atoms with van der Waals surface area (Å²) in [6, 6.07) is 0. The third-order valence-corrected chi connectivity index (χ3v) is 7.54. The number of likely N-dealkylation sites (tertiary alicyclic amines) is 1. The minimum atomic E-state index is -2.95. The molecule has 2 aliphatic rings. The van der Waals surface area contributed by atoms with Gasteiger partial charge in [0, 0.05) is 24.4 Å². The number of hydrogen-bond acceptors (Lipinski definition) is 4. The van der Waals surface area contributed by atoms with Gasteiger partial charge >= 0.3 is 0 Å². The van der Waals surface area contributed by atoms with Crippen molar-refractivity contribution in [3.63, 3.8) is 0 Å². The van der Waals surface area contributed by atoms with E-state index in [0.717, 1.165) is 19.0 Å². The van der Waals surface area contributed by atoms with Crippen molar-refractivity contribution in [2.75, 3.05) is 44.2 Å². The Hall–Kier alpha value is -0.820. The van der Waals surface area contributed by atoms with Crippen LogP contribution in [0.25, 0.3) is 0 Å². The Bertz CT molecular complexity index is 536. The van der Waals surface area contributed by atoms with Crippen LogP contribution in [-0.4, -0.2) is 69.0 Å². The Kier molecular flexibility index (Phi) is 8.67. The first-order valence-corrected chi connectivity index (χ1v) is 12.3. The van der Waals surface area contributed by atoms with Crippen LogP contribution in [0.3, 0.4) is 0 Å². The van der Waals surface area contributed by atoms with Crippen LogP contribution >= 0.6 is 0 Å². The van der Waals surface area contributed by atoms with E-state index in [1.54, 1.807) is 6.92 Å². The summed E-state index contributed by atoms with van der Waals surface area (Å²) in [4.78, 5) is 7.59. The van der Waals surface area contributed by atoms with Gasteiger partial charge in [0.1, 0.15) is 0 Å². The average molecular weight is 387 g/mol. The van der Waals surface area contributed by atoms with Gasteiger partial charge in [-0.1, -0.05) is 32.6 Å². The van der Waals surface area contributed by atoms with Gasteiger partial charge in [0.05, 0.1) is 12.3 Å². The third-order valence-electron chi connectivity index (χ3n) is 5.83. The molecule has 0 aromatic heterocycles. The second-order valence-electron chi connectivity index (χ2n) is 7.69. The quantitative estimate of drug-likeness (QED) is 0.494. The van der Waals surface area contributed by atoms with Crippen molar-refractivity contribution in [1.29, 1.82) is 0 Å². The fraction of sp³-hybridized carbons (Fsp3) is 0.947. The lowest BCUT2D eigenvalue weighted by Crippen LogP contribution is -2.54. The van der Waals surface area contributed by atoms with Crippen LogP contribution in [0.5, 0.6) is 0 Å². The smallest absolute Gasteiger partial charge is 0.191 e. The molecular weight excluding hydrogens is 348 g/mol. The molecule has 1 aliphatic heterocycles. The lowest BCUT2D eigenvalue weighted by molar-refractivity contribution is 0.0407. The van der Waals surface area contributed by atoms with Crippen molar-refractivity contribution in [2.24, 2.45) is 4.99 Å². The Labute approximate surface area is 160 Å². The molecule has 6 nitrogen and oxygen atoms in total. The average Bonchev–Trinajstić information content (AvgIpc) is 2.67. The molecule has 1 saturated carbocycles. The number of aliphatic imine (C=N–C) groups is 1. The Balaban J connectivity index is 2.01. The van der Waals surface area contributed by atoms with Crippen LogP contribution in [-0.2, 0) is 9.84 Å². The van der Waals surface area contributed by atoms with Crippen LogP contribution < -0.4 is 10.6 Å². The molecule has 0 radical (unpaired) electrons. The zero-order valence-corrected chi connectivity index (χ0v) is 17.5. The molecule has 2 N–H and O–H groups in total. The molecule has 1 heterocycles. The molecule has 0 aromatic rings. The van der Waals surface area contributed by atoms with E-state index in [1.165, 1.54) is 64.5 Å². The molecule has 1 aliphatic carbocycles. The lowest BCUT2D eigenvalue weighted by atomic mass is 9.79. The SMILES string of the molecule is CCNC(=NCC1(N2CCCCC2)CCCCC1)NCCS(=O)(=O)CC. The van der Waals surface area contributed by atoms with Gasteiger partial charge in [-0.15, -0.1) is 0 Å². The highest BCUT2D eigenvalue weighted by Gasteiger charge is 2.38. The molecule has 0 unspecified atom stereocenters. The van der Waals surface area contributed by atoms with Crippen LogP contribution in [0, 0.1) is 0 Å². The van der Waals surface area contributed by atoms with Gasteiger partial charge in [-0.2, -0.15) is 0 Å². The topological polar surface area (TPSA) is 73.8 Å². The van der Waals surface area contributed by atoms with Crippen molar-refractivity contribution < 1.29 is 8.42 Å². The summed E-state index contributed by atoms with van der Waals surface area (Å²) in [5.41, 5.74) is 0.205. The first kappa shape index (κ1) is 21.5. The first-order valence-electron chi connectivity index (χ1n) is 10.5. The Morgan fingerprint density at radius 3 is 2.27 bits per heavy atom. The van der Waals surface area contributed by atoms with Gasteiger partial charge in [0.2, 0.25) is 0 Å². The van der Waals surface area contributed by atoms with E-state index in [-0.39, 0.29) is 17.0 Å². The van der Waals surface area contributed by atoms with Crippen LogP contribution in [0.15, 0.2) is 4.99 Å². The van der Waals surface area contributed by atoms with E-state index in [1.807, 2.05) is 6.92 Å². The fourth-order valence-electron chi connectivity index (χ4n) is 4.19. The minimum Gasteiger partial charge on any atom is -0.357 e. The number of guanidine groups is 1. The molecule has 2 fully saturated rings. The highest BCUT2D eigenvalue weighted by atomic mass is 32.2. The van der Waals surface area contributed by atoms with Gasteiger partial charge in [0.15, 0.2) is 15.8 Å². The summed E-state index contributed by atoms with van der Waals surface area (Å²) in [6.45, 7) is 8.15. The van der Waals surface area contributed by atoms with Gasteiger partial charge < -0.3 is 10.6 Å². The normalized spacial score (nSPS) is 22.2.